The Morgan fingerprint density at radius 1 is 1.00 bits per heavy atom. The smallest absolute Gasteiger partial charge is 0.00955 e. The second kappa shape index (κ2) is 5.86. The molecule has 15 heavy (non-hydrogen) atoms. The maximum atomic E-state index is 5.61. The normalized spacial score (nSPS) is 34.2. The topological polar surface area (TPSA) is 38.0 Å². The minimum atomic E-state index is 0.833. The highest BCUT2D eigenvalue weighted by Crippen LogP contribution is 2.31. The highest BCUT2D eigenvalue weighted by atomic mass is 14.9. The first-order valence-electron chi connectivity index (χ1n) is 6.83. The summed E-state index contributed by atoms with van der Waals surface area (Å²) < 4.78 is 0. The second-order valence-electron chi connectivity index (χ2n) is 5.43. The van der Waals surface area contributed by atoms with Gasteiger partial charge in [-0.25, -0.2) is 0 Å². The van der Waals surface area contributed by atoms with E-state index in [-0.39, 0.29) is 0 Å². The van der Waals surface area contributed by atoms with Gasteiger partial charge in [-0.3, -0.25) is 0 Å². The third-order valence-electron chi connectivity index (χ3n) is 4.35. The minimum Gasteiger partial charge on any atom is -0.330 e. The molecule has 0 aromatic heterocycles. The quantitative estimate of drug-likeness (QED) is 0.750. The SMILES string of the molecule is NCCC1CCC(C2CCCCC2)NC1. The predicted molar refractivity (Wildman–Crippen MR) is 64.8 cm³/mol. The number of hydrogen-bond donors (Lipinski definition) is 2. The van der Waals surface area contributed by atoms with Crippen molar-refractivity contribution in [3.63, 3.8) is 0 Å². The zero-order valence-corrected chi connectivity index (χ0v) is 9.88. The average molecular weight is 210 g/mol. The highest BCUT2D eigenvalue weighted by molar-refractivity contribution is 4.84. The molecule has 2 fully saturated rings. The van der Waals surface area contributed by atoms with E-state index in [1.807, 2.05) is 0 Å². The van der Waals surface area contributed by atoms with E-state index in [9.17, 15) is 0 Å². The lowest BCUT2D eigenvalue weighted by atomic mass is 9.79. The van der Waals surface area contributed by atoms with Gasteiger partial charge in [0.1, 0.15) is 0 Å². The first kappa shape index (κ1) is 11.4. The van der Waals surface area contributed by atoms with Crippen LogP contribution >= 0.6 is 0 Å². The van der Waals surface area contributed by atoms with Crippen LogP contribution in [0.4, 0.5) is 0 Å². The Morgan fingerprint density at radius 2 is 1.80 bits per heavy atom. The standard InChI is InChI=1S/C13H26N2/c14-9-8-11-6-7-13(15-10-11)12-4-2-1-3-5-12/h11-13,15H,1-10,14H2. The lowest BCUT2D eigenvalue weighted by Gasteiger charge is -2.36. The molecule has 0 radical (unpaired) electrons. The number of nitrogens with one attached hydrogen (secondary N) is 1. The molecule has 3 N–H and O–H groups in total. The van der Waals surface area contributed by atoms with E-state index in [0.29, 0.717) is 0 Å². The van der Waals surface area contributed by atoms with Crippen LogP contribution in [0.2, 0.25) is 0 Å². The van der Waals surface area contributed by atoms with Crippen molar-refractivity contribution in [2.75, 3.05) is 13.1 Å². The lowest BCUT2D eigenvalue weighted by molar-refractivity contribution is 0.202. The van der Waals surface area contributed by atoms with E-state index in [0.717, 1.165) is 24.4 Å². The van der Waals surface area contributed by atoms with E-state index in [4.69, 9.17) is 5.73 Å². The van der Waals surface area contributed by atoms with Crippen LogP contribution in [0.3, 0.4) is 0 Å². The van der Waals surface area contributed by atoms with Crippen molar-refractivity contribution in [1.29, 1.82) is 0 Å². The molecular weight excluding hydrogens is 184 g/mol. The van der Waals surface area contributed by atoms with Gasteiger partial charge in [-0.15, -0.1) is 0 Å². The van der Waals surface area contributed by atoms with Crippen molar-refractivity contribution in [1.82, 2.24) is 5.32 Å². The van der Waals surface area contributed by atoms with E-state index in [2.05, 4.69) is 5.32 Å². The van der Waals surface area contributed by atoms with Gasteiger partial charge in [0.2, 0.25) is 0 Å². The fraction of sp³-hybridized carbons (Fsp3) is 1.00. The zero-order chi connectivity index (χ0) is 10.5. The molecule has 0 aromatic rings. The summed E-state index contributed by atoms with van der Waals surface area (Å²) in [6.45, 7) is 2.08. The lowest BCUT2D eigenvalue weighted by Crippen LogP contribution is -2.44. The Morgan fingerprint density at radius 3 is 2.40 bits per heavy atom. The Balaban J connectivity index is 1.72. The van der Waals surface area contributed by atoms with Gasteiger partial charge in [-0.05, 0) is 57.0 Å². The van der Waals surface area contributed by atoms with E-state index in [1.54, 1.807) is 0 Å². The van der Waals surface area contributed by atoms with Crippen LogP contribution in [0, 0.1) is 11.8 Å². The molecule has 0 bridgehead atoms. The fourth-order valence-electron chi connectivity index (χ4n) is 3.36. The number of piperidine rings is 1. The number of hydrogen-bond acceptors (Lipinski definition) is 2. The molecule has 0 spiro atoms. The summed E-state index contributed by atoms with van der Waals surface area (Å²) in [6, 6.07) is 0.833. The first-order chi connectivity index (χ1) is 7.40. The van der Waals surface area contributed by atoms with Gasteiger partial charge in [-0.1, -0.05) is 19.3 Å². The Kier molecular flexibility index (Phi) is 4.45. The molecule has 88 valence electrons. The fourth-order valence-corrected chi connectivity index (χ4v) is 3.36. The van der Waals surface area contributed by atoms with Crippen molar-refractivity contribution in [2.24, 2.45) is 17.6 Å². The molecule has 1 aliphatic heterocycles. The summed E-state index contributed by atoms with van der Waals surface area (Å²) in [4.78, 5) is 0. The van der Waals surface area contributed by atoms with Crippen LogP contribution < -0.4 is 11.1 Å². The molecule has 1 saturated carbocycles. The van der Waals surface area contributed by atoms with Gasteiger partial charge in [0.25, 0.3) is 0 Å². The molecule has 1 aliphatic carbocycles. The Hall–Kier alpha value is -0.0800. The van der Waals surface area contributed by atoms with Gasteiger partial charge >= 0.3 is 0 Å². The summed E-state index contributed by atoms with van der Waals surface area (Å²) in [5.41, 5.74) is 5.61. The molecule has 0 aromatic carbocycles. The third-order valence-corrected chi connectivity index (χ3v) is 4.35. The summed E-state index contributed by atoms with van der Waals surface area (Å²) >= 11 is 0. The van der Waals surface area contributed by atoms with Crippen LogP contribution in [0.25, 0.3) is 0 Å². The summed E-state index contributed by atoms with van der Waals surface area (Å²) in [7, 11) is 0. The van der Waals surface area contributed by atoms with Crippen molar-refractivity contribution in [2.45, 2.75) is 57.4 Å². The number of rotatable bonds is 3. The summed E-state index contributed by atoms with van der Waals surface area (Å²) in [5.74, 6) is 1.84. The van der Waals surface area contributed by atoms with Crippen LogP contribution in [0.5, 0.6) is 0 Å². The highest BCUT2D eigenvalue weighted by Gasteiger charge is 2.27. The largest absolute Gasteiger partial charge is 0.330 e. The molecule has 2 heteroatoms. The molecular formula is C13H26N2. The Labute approximate surface area is 94.0 Å². The van der Waals surface area contributed by atoms with Crippen molar-refractivity contribution < 1.29 is 0 Å². The van der Waals surface area contributed by atoms with E-state index >= 15 is 0 Å². The third kappa shape index (κ3) is 3.18. The summed E-state index contributed by atoms with van der Waals surface area (Å²) in [5, 5.41) is 3.77. The maximum absolute atomic E-state index is 5.61. The molecule has 2 unspecified atom stereocenters. The molecule has 0 amide bonds. The zero-order valence-electron chi connectivity index (χ0n) is 9.88. The van der Waals surface area contributed by atoms with Crippen LogP contribution in [-0.4, -0.2) is 19.1 Å². The summed E-state index contributed by atoms with van der Waals surface area (Å²) in [6.07, 6.45) is 11.4. The second-order valence-corrected chi connectivity index (χ2v) is 5.43. The molecule has 2 nitrogen and oxygen atoms in total. The van der Waals surface area contributed by atoms with Crippen LogP contribution in [-0.2, 0) is 0 Å². The van der Waals surface area contributed by atoms with Crippen molar-refractivity contribution in [3.8, 4) is 0 Å². The van der Waals surface area contributed by atoms with Gasteiger partial charge in [-0.2, -0.15) is 0 Å². The van der Waals surface area contributed by atoms with Crippen LogP contribution in [0.1, 0.15) is 51.4 Å². The Bertz CT molecular complexity index is 167. The van der Waals surface area contributed by atoms with E-state index in [1.165, 1.54) is 57.9 Å². The molecule has 2 rings (SSSR count). The van der Waals surface area contributed by atoms with Gasteiger partial charge in [0.15, 0.2) is 0 Å². The average Bonchev–Trinajstić information content (AvgIpc) is 2.32. The molecule has 1 saturated heterocycles. The molecule has 2 aliphatic rings. The molecule has 1 heterocycles. The number of nitrogens with two attached hydrogens (primary N) is 1. The minimum absolute atomic E-state index is 0.833. The molecule has 2 atom stereocenters. The maximum Gasteiger partial charge on any atom is 0.00955 e. The predicted octanol–water partition coefficient (Wildman–Crippen LogP) is 2.28. The van der Waals surface area contributed by atoms with E-state index < -0.39 is 0 Å². The van der Waals surface area contributed by atoms with Gasteiger partial charge in [0.05, 0.1) is 0 Å². The van der Waals surface area contributed by atoms with Gasteiger partial charge < -0.3 is 11.1 Å². The van der Waals surface area contributed by atoms with Gasteiger partial charge in [0, 0.05) is 6.04 Å². The first-order valence-corrected chi connectivity index (χ1v) is 6.83. The van der Waals surface area contributed by atoms with Crippen LogP contribution in [0.15, 0.2) is 0 Å². The van der Waals surface area contributed by atoms with Crippen molar-refractivity contribution >= 4 is 0 Å². The monoisotopic (exact) mass is 210 g/mol. The van der Waals surface area contributed by atoms with Crippen molar-refractivity contribution in [3.05, 3.63) is 0 Å².